The second kappa shape index (κ2) is 6.08. The molecule has 2 heterocycles. The van der Waals surface area contributed by atoms with E-state index < -0.39 is 0 Å². The van der Waals surface area contributed by atoms with Crippen molar-refractivity contribution in [2.45, 2.75) is 19.4 Å². The minimum Gasteiger partial charge on any atom is -0.298 e. The average Bonchev–Trinajstić information content (AvgIpc) is 2.92. The van der Waals surface area contributed by atoms with Gasteiger partial charge in [-0.05, 0) is 35.6 Å². The lowest BCUT2D eigenvalue weighted by molar-refractivity contribution is 0.0961. The molecule has 1 aliphatic rings. The number of rotatable bonds is 4. The van der Waals surface area contributed by atoms with Crippen LogP contribution in [0.5, 0.6) is 0 Å². The van der Waals surface area contributed by atoms with Crippen LogP contribution >= 0.6 is 22.9 Å². The first-order valence-corrected chi connectivity index (χ1v) is 8.04. The third kappa shape index (κ3) is 3.11. The average molecular weight is 306 g/mol. The first kappa shape index (κ1) is 13.8. The number of benzene rings is 1. The Labute approximate surface area is 128 Å². The second-order valence-corrected chi connectivity index (χ2v) is 6.52. The molecule has 104 valence electrons. The summed E-state index contributed by atoms with van der Waals surface area (Å²) in [6.45, 7) is 2.85. The Hall–Kier alpha value is -1.16. The van der Waals surface area contributed by atoms with Crippen molar-refractivity contribution in [1.29, 1.82) is 0 Å². The van der Waals surface area contributed by atoms with Gasteiger partial charge in [0.15, 0.2) is 5.78 Å². The van der Waals surface area contributed by atoms with E-state index in [0.717, 1.165) is 26.1 Å². The molecule has 1 aliphatic heterocycles. The van der Waals surface area contributed by atoms with Gasteiger partial charge < -0.3 is 0 Å². The van der Waals surface area contributed by atoms with E-state index in [4.69, 9.17) is 11.6 Å². The molecule has 2 aromatic rings. The van der Waals surface area contributed by atoms with Gasteiger partial charge in [0.1, 0.15) is 0 Å². The van der Waals surface area contributed by atoms with Gasteiger partial charge >= 0.3 is 0 Å². The zero-order chi connectivity index (χ0) is 13.9. The Kier molecular flexibility index (Phi) is 4.20. The molecule has 0 spiro atoms. The van der Waals surface area contributed by atoms with Crippen LogP contribution in [0.4, 0.5) is 0 Å². The number of thiophene rings is 1. The summed E-state index contributed by atoms with van der Waals surface area (Å²) in [6.07, 6.45) is 1.66. The van der Waals surface area contributed by atoms with E-state index in [1.165, 1.54) is 10.4 Å². The van der Waals surface area contributed by atoms with Crippen LogP contribution in [0, 0.1) is 0 Å². The molecule has 0 aliphatic carbocycles. The van der Waals surface area contributed by atoms with Crippen LogP contribution < -0.4 is 0 Å². The number of Topliss-reactive ketones (excluding diaryl/α,β-unsaturated/α-hetero) is 1. The largest absolute Gasteiger partial charge is 0.298 e. The van der Waals surface area contributed by atoms with Crippen molar-refractivity contribution in [3.63, 3.8) is 0 Å². The minimum absolute atomic E-state index is 0.170. The SMILES string of the molecule is O=C(CCN1CCc2sccc2C1)c1cccc(Cl)c1. The first-order valence-electron chi connectivity index (χ1n) is 6.79. The molecule has 20 heavy (non-hydrogen) atoms. The van der Waals surface area contributed by atoms with Crippen molar-refractivity contribution < 1.29 is 4.79 Å². The highest BCUT2D eigenvalue weighted by Gasteiger charge is 2.18. The summed E-state index contributed by atoms with van der Waals surface area (Å²) in [6, 6.07) is 9.40. The van der Waals surface area contributed by atoms with Crippen LogP contribution in [0.25, 0.3) is 0 Å². The van der Waals surface area contributed by atoms with Crippen molar-refractivity contribution in [3.05, 3.63) is 56.7 Å². The molecule has 0 amide bonds. The molecular formula is C16H16ClNOS. The van der Waals surface area contributed by atoms with E-state index >= 15 is 0 Å². The van der Waals surface area contributed by atoms with E-state index in [1.807, 2.05) is 23.5 Å². The maximum Gasteiger partial charge on any atom is 0.164 e. The van der Waals surface area contributed by atoms with Gasteiger partial charge in [-0.1, -0.05) is 23.7 Å². The van der Waals surface area contributed by atoms with Crippen molar-refractivity contribution in [3.8, 4) is 0 Å². The number of carbonyl (C=O) groups excluding carboxylic acids is 1. The van der Waals surface area contributed by atoms with Gasteiger partial charge in [-0.3, -0.25) is 9.69 Å². The molecule has 3 rings (SSSR count). The lowest BCUT2D eigenvalue weighted by Gasteiger charge is -2.26. The number of fused-ring (bicyclic) bond motifs is 1. The summed E-state index contributed by atoms with van der Waals surface area (Å²) < 4.78 is 0. The fourth-order valence-electron chi connectivity index (χ4n) is 2.56. The van der Waals surface area contributed by atoms with E-state index in [2.05, 4.69) is 16.3 Å². The van der Waals surface area contributed by atoms with E-state index in [1.54, 1.807) is 12.1 Å². The highest BCUT2D eigenvalue weighted by Crippen LogP contribution is 2.24. The van der Waals surface area contributed by atoms with Crippen molar-refractivity contribution >= 4 is 28.7 Å². The molecule has 0 fully saturated rings. The predicted molar refractivity (Wildman–Crippen MR) is 83.7 cm³/mol. The molecule has 0 bridgehead atoms. The van der Waals surface area contributed by atoms with Crippen molar-refractivity contribution in [2.24, 2.45) is 0 Å². The fraction of sp³-hybridized carbons (Fsp3) is 0.312. The normalized spacial score (nSPS) is 15.1. The Bertz CT molecular complexity index is 622. The van der Waals surface area contributed by atoms with Crippen LogP contribution in [-0.4, -0.2) is 23.8 Å². The van der Waals surface area contributed by atoms with Crippen LogP contribution in [0.2, 0.25) is 5.02 Å². The van der Waals surface area contributed by atoms with Gasteiger partial charge in [-0.2, -0.15) is 0 Å². The molecule has 1 aromatic heterocycles. The van der Waals surface area contributed by atoms with Crippen molar-refractivity contribution in [1.82, 2.24) is 4.90 Å². The molecule has 0 unspecified atom stereocenters. The number of ketones is 1. The van der Waals surface area contributed by atoms with Gasteiger partial charge in [0.25, 0.3) is 0 Å². The lowest BCUT2D eigenvalue weighted by Crippen LogP contribution is -2.31. The summed E-state index contributed by atoms with van der Waals surface area (Å²) >= 11 is 7.76. The highest BCUT2D eigenvalue weighted by atomic mass is 35.5. The molecule has 0 radical (unpaired) electrons. The van der Waals surface area contributed by atoms with Crippen molar-refractivity contribution in [2.75, 3.05) is 13.1 Å². The molecule has 0 saturated heterocycles. The van der Waals surface area contributed by atoms with Gasteiger partial charge in [-0.25, -0.2) is 0 Å². The fourth-order valence-corrected chi connectivity index (χ4v) is 3.64. The number of hydrogen-bond donors (Lipinski definition) is 0. The summed E-state index contributed by atoms with van der Waals surface area (Å²) in [7, 11) is 0. The molecule has 4 heteroatoms. The van der Waals surface area contributed by atoms with E-state index in [-0.39, 0.29) is 5.78 Å². The number of halogens is 1. The van der Waals surface area contributed by atoms with Gasteiger partial charge in [0.05, 0.1) is 0 Å². The highest BCUT2D eigenvalue weighted by molar-refractivity contribution is 7.10. The standard InChI is InChI=1S/C16H16ClNOS/c17-14-3-1-2-12(10-14)15(19)4-7-18-8-5-16-13(11-18)6-9-20-16/h1-3,6,9-10H,4-5,7-8,11H2. The Morgan fingerprint density at radius 3 is 3.10 bits per heavy atom. The molecule has 1 aromatic carbocycles. The quantitative estimate of drug-likeness (QED) is 0.795. The summed E-state index contributed by atoms with van der Waals surface area (Å²) in [5.74, 6) is 0.170. The first-order chi connectivity index (χ1) is 9.72. The Morgan fingerprint density at radius 1 is 1.35 bits per heavy atom. The Morgan fingerprint density at radius 2 is 2.25 bits per heavy atom. The number of carbonyl (C=O) groups is 1. The molecule has 2 nitrogen and oxygen atoms in total. The third-order valence-corrected chi connectivity index (χ3v) is 4.95. The summed E-state index contributed by atoms with van der Waals surface area (Å²) in [5.41, 5.74) is 2.14. The number of nitrogens with zero attached hydrogens (tertiary/aromatic N) is 1. The smallest absolute Gasteiger partial charge is 0.164 e. The zero-order valence-corrected chi connectivity index (χ0v) is 12.7. The maximum atomic E-state index is 12.2. The minimum atomic E-state index is 0.170. The van der Waals surface area contributed by atoms with Gasteiger partial charge in [-0.15, -0.1) is 11.3 Å². The lowest BCUT2D eigenvalue weighted by atomic mass is 10.1. The van der Waals surface area contributed by atoms with Crippen LogP contribution in [0.3, 0.4) is 0 Å². The predicted octanol–water partition coefficient (Wildman–Crippen LogP) is 4.03. The van der Waals surface area contributed by atoms with Crippen LogP contribution in [0.15, 0.2) is 35.7 Å². The maximum absolute atomic E-state index is 12.2. The summed E-state index contributed by atoms with van der Waals surface area (Å²) in [5, 5.41) is 2.78. The molecular weight excluding hydrogens is 290 g/mol. The monoisotopic (exact) mass is 305 g/mol. The van der Waals surface area contributed by atoms with Gasteiger partial charge in [0, 0.05) is 41.5 Å². The van der Waals surface area contributed by atoms with Gasteiger partial charge in [0.2, 0.25) is 0 Å². The molecule has 0 saturated carbocycles. The summed E-state index contributed by atoms with van der Waals surface area (Å²) in [4.78, 5) is 16.0. The zero-order valence-electron chi connectivity index (χ0n) is 11.1. The van der Waals surface area contributed by atoms with E-state index in [0.29, 0.717) is 17.0 Å². The molecule has 0 N–H and O–H groups in total. The van der Waals surface area contributed by atoms with Crippen LogP contribution in [0.1, 0.15) is 27.2 Å². The second-order valence-electron chi connectivity index (χ2n) is 5.08. The topological polar surface area (TPSA) is 20.3 Å². The number of hydrogen-bond acceptors (Lipinski definition) is 3. The Balaban J connectivity index is 1.57. The van der Waals surface area contributed by atoms with E-state index in [9.17, 15) is 4.79 Å². The molecule has 0 atom stereocenters. The third-order valence-electron chi connectivity index (χ3n) is 3.69. The van der Waals surface area contributed by atoms with Crippen LogP contribution in [-0.2, 0) is 13.0 Å².